The zero-order valence-corrected chi connectivity index (χ0v) is 25.3. The topological polar surface area (TPSA) is 87.7 Å². The average Bonchev–Trinajstić information content (AvgIpc) is 2.91. The summed E-state index contributed by atoms with van der Waals surface area (Å²) in [6, 6.07) is 15.6. The van der Waals surface area contributed by atoms with Gasteiger partial charge in [-0.25, -0.2) is 4.79 Å². The lowest BCUT2D eigenvalue weighted by Gasteiger charge is -2.38. The Morgan fingerprint density at radius 1 is 0.974 bits per heavy atom. The Morgan fingerprint density at radius 3 is 2.15 bits per heavy atom. The second-order valence-corrected chi connectivity index (χ2v) is 11.7. The van der Waals surface area contributed by atoms with Gasteiger partial charge in [0.1, 0.15) is 17.7 Å². The molecule has 0 fully saturated rings. The smallest absolute Gasteiger partial charge is 0.408 e. The van der Waals surface area contributed by atoms with E-state index >= 15 is 0 Å². The van der Waals surface area contributed by atoms with Gasteiger partial charge in [-0.3, -0.25) is 9.59 Å². The van der Waals surface area contributed by atoms with Gasteiger partial charge < -0.3 is 20.3 Å². The van der Waals surface area contributed by atoms with Gasteiger partial charge in [-0.05, 0) is 75.7 Å². The van der Waals surface area contributed by atoms with Crippen molar-refractivity contribution in [2.24, 2.45) is 0 Å². The second kappa shape index (κ2) is 15.6. The van der Waals surface area contributed by atoms with E-state index in [1.807, 2.05) is 74.7 Å². The van der Waals surface area contributed by atoms with Crippen LogP contribution in [0.4, 0.5) is 4.79 Å². The maximum Gasteiger partial charge on any atom is 0.408 e. The predicted octanol–water partition coefficient (Wildman–Crippen LogP) is 5.88. The molecule has 0 spiro atoms. The minimum absolute atomic E-state index is 0.256. The Kier molecular flexibility index (Phi) is 12.8. The van der Waals surface area contributed by atoms with E-state index in [1.54, 1.807) is 37.4 Å². The van der Waals surface area contributed by atoms with Crippen molar-refractivity contribution < 1.29 is 19.1 Å². The number of hydrogen-bond donors (Lipinski definition) is 2. The molecule has 0 aromatic heterocycles. The van der Waals surface area contributed by atoms with Crippen molar-refractivity contribution in [1.82, 2.24) is 15.5 Å². The molecule has 0 saturated carbocycles. The number of aryl methyl sites for hydroxylation is 1. The lowest BCUT2D eigenvalue weighted by Crippen LogP contribution is -2.55. The van der Waals surface area contributed by atoms with Crippen LogP contribution >= 0.6 is 11.8 Å². The molecule has 2 aromatic rings. The molecule has 3 unspecified atom stereocenters. The van der Waals surface area contributed by atoms with Gasteiger partial charge in [-0.1, -0.05) is 68.4 Å². The van der Waals surface area contributed by atoms with Gasteiger partial charge in [0.2, 0.25) is 11.8 Å². The SMILES string of the molecule is CCc1ccc(C(C(=O)NCc2ccccc2)N(C(=O)C(CCSC)NC(=O)OC(C)(C)C)C(C)CC)cc1. The van der Waals surface area contributed by atoms with E-state index in [9.17, 15) is 14.4 Å². The Morgan fingerprint density at radius 2 is 1.62 bits per heavy atom. The molecule has 2 rings (SSSR count). The van der Waals surface area contributed by atoms with Crippen molar-refractivity contribution in [3.8, 4) is 0 Å². The quantitative estimate of drug-likeness (QED) is 0.322. The third kappa shape index (κ3) is 10.2. The van der Waals surface area contributed by atoms with Crippen LogP contribution in [0.3, 0.4) is 0 Å². The molecular formula is C31H45N3O4S. The van der Waals surface area contributed by atoms with E-state index in [2.05, 4.69) is 17.6 Å². The summed E-state index contributed by atoms with van der Waals surface area (Å²) >= 11 is 1.59. The van der Waals surface area contributed by atoms with E-state index in [0.29, 0.717) is 25.1 Å². The number of ether oxygens (including phenoxy) is 1. The summed E-state index contributed by atoms with van der Waals surface area (Å²) in [5.41, 5.74) is 2.14. The highest BCUT2D eigenvalue weighted by Gasteiger charge is 2.38. The van der Waals surface area contributed by atoms with Gasteiger partial charge in [-0.2, -0.15) is 11.8 Å². The first kappa shape index (κ1) is 32.2. The summed E-state index contributed by atoms with van der Waals surface area (Å²) in [5.74, 6) is 0.0951. The molecule has 2 aromatic carbocycles. The van der Waals surface area contributed by atoms with Crippen molar-refractivity contribution >= 4 is 29.7 Å². The zero-order valence-electron chi connectivity index (χ0n) is 24.5. The van der Waals surface area contributed by atoms with Gasteiger partial charge in [0.05, 0.1) is 0 Å². The molecule has 0 saturated heterocycles. The summed E-state index contributed by atoms with van der Waals surface area (Å²) in [4.78, 5) is 42.5. The first-order chi connectivity index (χ1) is 18.5. The highest BCUT2D eigenvalue weighted by atomic mass is 32.2. The number of hydrogen-bond acceptors (Lipinski definition) is 5. The molecule has 2 N–H and O–H groups in total. The minimum Gasteiger partial charge on any atom is -0.444 e. The van der Waals surface area contributed by atoms with Crippen LogP contribution in [-0.2, 0) is 27.3 Å². The van der Waals surface area contributed by atoms with E-state index < -0.39 is 23.8 Å². The lowest BCUT2D eigenvalue weighted by atomic mass is 9.98. The number of amides is 3. The highest BCUT2D eigenvalue weighted by molar-refractivity contribution is 7.98. The number of nitrogens with zero attached hydrogens (tertiary/aromatic N) is 1. The number of thioether (sulfide) groups is 1. The molecule has 7 nitrogen and oxygen atoms in total. The number of carbonyl (C=O) groups is 3. The largest absolute Gasteiger partial charge is 0.444 e. The molecule has 0 bridgehead atoms. The van der Waals surface area contributed by atoms with Crippen LogP contribution in [0.25, 0.3) is 0 Å². The molecule has 8 heteroatoms. The first-order valence-electron chi connectivity index (χ1n) is 13.7. The van der Waals surface area contributed by atoms with Crippen LogP contribution in [-0.4, -0.2) is 52.5 Å². The second-order valence-electron chi connectivity index (χ2n) is 10.7. The summed E-state index contributed by atoms with van der Waals surface area (Å²) in [5, 5.41) is 5.84. The average molecular weight is 556 g/mol. The zero-order chi connectivity index (χ0) is 29.0. The van der Waals surface area contributed by atoms with E-state index in [0.717, 1.165) is 23.1 Å². The Labute approximate surface area is 238 Å². The van der Waals surface area contributed by atoms with Crippen molar-refractivity contribution in [2.45, 2.75) is 91.1 Å². The molecule has 0 heterocycles. The van der Waals surface area contributed by atoms with Gasteiger partial charge >= 0.3 is 6.09 Å². The van der Waals surface area contributed by atoms with Crippen LogP contribution in [0.5, 0.6) is 0 Å². The normalized spacial score (nSPS) is 13.6. The van der Waals surface area contributed by atoms with Crippen LogP contribution < -0.4 is 10.6 Å². The molecule has 0 aliphatic carbocycles. The monoisotopic (exact) mass is 555 g/mol. The Hall–Kier alpha value is -3.00. The third-order valence-corrected chi connectivity index (χ3v) is 7.10. The van der Waals surface area contributed by atoms with Crippen molar-refractivity contribution in [2.75, 3.05) is 12.0 Å². The molecule has 0 aliphatic rings. The van der Waals surface area contributed by atoms with E-state index in [4.69, 9.17) is 4.74 Å². The van der Waals surface area contributed by atoms with Crippen LogP contribution in [0.2, 0.25) is 0 Å². The fourth-order valence-electron chi connectivity index (χ4n) is 4.17. The lowest BCUT2D eigenvalue weighted by molar-refractivity contribution is -0.145. The Balaban J connectivity index is 2.48. The fourth-order valence-corrected chi connectivity index (χ4v) is 4.65. The first-order valence-corrected chi connectivity index (χ1v) is 15.1. The third-order valence-electron chi connectivity index (χ3n) is 6.46. The van der Waals surface area contributed by atoms with Gasteiger partial charge in [0.15, 0.2) is 0 Å². The summed E-state index contributed by atoms with van der Waals surface area (Å²) in [6.45, 7) is 11.7. The molecule has 39 heavy (non-hydrogen) atoms. The molecule has 3 amide bonds. The maximum absolute atomic E-state index is 14.2. The highest BCUT2D eigenvalue weighted by Crippen LogP contribution is 2.27. The number of benzene rings is 2. The van der Waals surface area contributed by atoms with E-state index in [-0.39, 0.29) is 17.9 Å². The van der Waals surface area contributed by atoms with Crippen LogP contribution in [0.1, 0.15) is 77.1 Å². The van der Waals surface area contributed by atoms with Crippen LogP contribution in [0, 0.1) is 0 Å². The number of carbonyl (C=O) groups excluding carboxylic acids is 3. The van der Waals surface area contributed by atoms with Gasteiger partial charge in [-0.15, -0.1) is 0 Å². The number of rotatable bonds is 13. The molecular weight excluding hydrogens is 510 g/mol. The van der Waals surface area contributed by atoms with Crippen molar-refractivity contribution in [3.05, 3.63) is 71.3 Å². The summed E-state index contributed by atoms with van der Waals surface area (Å²) < 4.78 is 5.46. The van der Waals surface area contributed by atoms with E-state index in [1.165, 1.54) is 0 Å². The van der Waals surface area contributed by atoms with Crippen molar-refractivity contribution in [1.29, 1.82) is 0 Å². The molecule has 3 atom stereocenters. The standard InChI is InChI=1S/C31H45N3O4S/c1-8-22(3)34(29(36)26(19-20-39-7)33-30(37)38-31(4,5)6)27(25-17-15-23(9-2)16-18-25)28(35)32-21-24-13-11-10-12-14-24/h10-18,22,26-27H,8-9,19-21H2,1-7H3,(H,32,35)(H,33,37). The molecule has 0 aliphatic heterocycles. The van der Waals surface area contributed by atoms with Crippen LogP contribution in [0.15, 0.2) is 54.6 Å². The maximum atomic E-state index is 14.2. The predicted molar refractivity (Wildman–Crippen MR) is 160 cm³/mol. The molecule has 214 valence electrons. The fraction of sp³-hybridized carbons (Fsp3) is 0.516. The minimum atomic E-state index is -0.862. The van der Waals surface area contributed by atoms with Crippen molar-refractivity contribution in [3.63, 3.8) is 0 Å². The Bertz CT molecular complexity index is 1050. The number of nitrogens with one attached hydrogen (secondary N) is 2. The summed E-state index contributed by atoms with van der Waals surface area (Å²) in [6.07, 6.45) is 3.23. The summed E-state index contributed by atoms with van der Waals surface area (Å²) in [7, 11) is 0. The van der Waals surface area contributed by atoms with Gasteiger partial charge in [0, 0.05) is 12.6 Å². The van der Waals surface area contributed by atoms with Gasteiger partial charge in [0.25, 0.3) is 0 Å². The molecule has 0 radical (unpaired) electrons. The number of alkyl carbamates (subject to hydrolysis) is 1.